The van der Waals surface area contributed by atoms with E-state index in [1.54, 1.807) is 6.33 Å². The van der Waals surface area contributed by atoms with Gasteiger partial charge in [0.1, 0.15) is 12.1 Å². The van der Waals surface area contributed by atoms with Gasteiger partial charge in [-0.25, -0.2) is 9.97 Å². The van der Waals surface area contributed by atoms with Crippen LogP contribution in [0.2, 0.25) is 0 Å². The Morgan fingerprint density at radius 1 is 1.21 bits per heavy atom. The highest BCUT2D eigenvalue weighted by Crippen LogP contribution is 2.06. The first-order valence-corrected chi connectivity index (χ1v) is 5.41. The molecule has 0 spiro atoms. The molecule has 0 fully saturated rings. The summed E-state index contributed by atoms with van der Waals surface area (Å²) in [4.78, 5) is 8.40. The zero-order valence-electron chi connectivity index (χ0n) is 9.08. The summed E-state index contributed by atoms with van der Waals surface area (Å²) in [5.41, 5.74) is 1.14. The molecule has 1 rings (SSSR count). The fourth-order valence-electron chi connectivity index (χ4n) is 1.24. The van der Waals surface area contributed by atoms with Crippen LogP contribution in [0, 0.1) is 0 Å². The van der Waals surface area contributed by atoms with Crippen LogP contribution in [0.5, 0.6) is 0 Å². The minimum absolute atomic E-state index is 0.952. The highest BCUT2D eigenvalue weighted by Gasteiger charge is 1.97. The molecule has 0 bridgehead atoms. The molecular formula is C11H19N3. The van der Waals surface area contributed by atoms with Gasteiger partial charge in [0.2, 0.25) is 0 Å². The van der Waals surface area contributed by atoms with Crippen molar-refractivity contribution in [2.75, 3.05) is 11.9 Å². The third-order valence-electron chi connectivity index (χ3n) is 2.07. The van der Waals surface area contributed by atoms with Crippen LogP contribution in [0.25, 0.3) is 0 Å². The number of hydrogen-bond acceptors (Lipinski definition) is 3. The number of nitrogens with zero attached hydrogens (tertiary/aromatic N) is 2. The van der Waals surface area contributed by atoms with Crippen molar-refractivity contribution in [3.05, 3.63) is 18.1 Å². The van der Waals surface area contributed by atoms with Crippen LogP contribution in [0.15, 0.2) is 12.4 Å². The summed E-state index contributed by atoms with van der Waals surface area (Å²) in [6.07, 6.45) is 6.23. The summed E-state index contributed by atoms with van der Waals surface area (Å²) in [7, 11) is 0. The molecule has 1 heterocycles. The van der Waals surface area contributed by atoms with Crippen LogP contribution in [-0.2, 0) is 6.42 Å². The van der Waals surface area contributed by atoms with E-state index in [9.17, 15) is 0 Å². The Morgan fingerprint density at radius 3 is 2.79 bits per heavy atom. The molecule has 1 N–H and O–H groups in total. The molecule has 0 radical (unpaired) electrons. The summed E-state index contributed by atoms with van der Waals surface area (Å²) >= 11 is 0. The van der Waals surface area contributed by atoms with Gasteiger partial charge < -0.3 is 5.32 Å². The Bertz CT molecular complexity index is 237. The highest BCUT2D eigenvalue weighted by atomic mass is 15.0. The second kappa shape index (κ2) is 6.35. The number of nitrogens with one attached hydrogen (secondary N) is 1. The second-order valence-electron chi connectivity index (χ2n) is 3.42. The number of hydrogen-bond donors (Lipinski definition) is 1. The van der Waals surface area contributed by atoms with Gasteiger partial charge in [0.25, 0.3) is 0 Å². The first kappa shape index (κ1) is 11.0. The van der Waals surface area contributed by atoms with Gasteiger partial charge >= 0.3 is 0 Å². The van der Waals surface area contributed by atoms with Gasteiger partial charge in [-0.05, 0) is 19.3 Å². The van der Waals surface area contributed by atoms with Gasteiger partial charge in [0.05, 0.1) is 0 Å². The van der Waals surface area contributed by atoms with Crippen molar-refractivity contribution >= 4 is 5.82 Å². The summed E-state index contributed by atoms with van der Waals surface area (Å²) in [6, 6.07) is 2.05. The van der Waals surface area contributed by atoms with Crippen molar-refractivity contribution in [3.8, 4) is 0 Å². The monoisotopic (exact) mass is 193 g/mol. The predicted molar refractivity (Wildman–Crippen MR) is 59.4 cm³/mol. The first-order valence-electron chi connectivity index (χ1n) is 5.41. The Kier molecular flexibility index (Phi) is 4.97. The normalized spacial score (nSPS) is 10.1. The van der Waals surface area contributed by atoms with Gasteiger partial charge in [-0.1, -0.05) is 20.3 Å². The molecule has 1 aromatic heterocycles. The molecule has 0 saturated carbocycles. The van der Waals surface area contributed by atoms with Crippen molar-refractivity contribution in [3.63, 3.8) is 0 Å². The molecule has 0 aliphatic carbocycles. The lowest BCUT2D eigenvalue weighted by Crippen LogP contribution is -2.03. The Hall–Kier alpha value is -1.12. The van der Waals surface area contributed by atoms with Gasteiger partial charge in [-0.15, -0.1) is 0 Å². The van der Waals surface area contributed by atoms with E-state index >= 15 is 0 Å². The van der Waals surface area contributed by atoms with Crippen molar-refractivity contribution in [2.24, 2.45) is 0 Å². The van der Waals surface area contributed by atoms with Crippen LogP contribution in [0.3, 0.4) is 0 Å². The van der Waals surface area contributed by atoms with E-state index < -0.39 is 0 Å². The number of anilines is 1. The van der Waals surface area contributed by atoms with E-state index in [1.165, 1.54) is 12.8 Å². The molecule has 0 saturated heterocycles. The van der Waals surface area contributed by atoms with Crippen LogP contribution < -0.4 is 5.32 Å². The van der Waals surface area contributed by atoms with E-state index in [-0.39, 0.29) is 0 Å². The van der Waals surface area contributed by atoms with E-state index in [0.29, 0.717) is 0 Å². The Balaban J connectivity index is 2.50. The molecule has 0 aliphatic heterocycles. The standard InChI is InChI=1S/C11H19N3/c1-3-5-6-10-8-11(12-7-4-2)14-9-13-10/h8-9H,3-7H2,1-2H3,(H,12,13,14). The van der Waals surface area contributed by atoms with Crippen molar-refractivity contribution in [2.45, 2.75) is 39.5 Å². The fourth-order valence-corrected chi connectivity index (χ4v) is 1.24. The molecule has 0 atom stereocenters. The maximum absolute atomic E-state index is 4.23. The predicted octanol–water partition coefficient (Wildman–Crippen LogP) is 2.64. The van der Waals surface area contributed by atoms with Gasteiger partial charge in [0, 0.05) is 18.3 Å². The zero-order valence-corrected chi connectivity index (χ0v) is 9.08. The molecule has 0 unspecified atom stereocenters. The summed E-state index contributed by atoms with van der Waals surface area (Å²) in [5, 5.41) is 3.26. The molecule has 1 aromatic rings. The molecule has 3 heteroatoms. The summed E-state index contributed by atoms with van der Waals surface area (Å²) in [6.45, 7) is 5.31. The van der Waals surface area contributed by atoms with Crippen LogP contribution in [0.4, 0.5) is 5.82 Å². The van der Waals surface area contributed by atoms with Crippen LogP contribution in [-0.4, -0.2) is 16.5 Å². The molecule has 0 amide bonds. The average molecular weight is 193 g/mol. The smallest absolute Gasteiger partial charge is 0.129 e. The molecule has 0 aromatic carbocycles. The van der Waals surface area contributed by atoms with Gasteiger partial charge in [0.15, 0.2) is 0 Å². The minimum Gasteiger partial charge on any atom is -0.370 e. The van der Waals surface area contributed by atoms with E-state index in [0.717, 1.165) is 30.9 Å². The lowest BCUT2D eigenvalue weighted by Gasteiger charge is -2.04. The second-order valence-corrected chi connectivity index (χ2v) is 3.42. The van der Waals surface area contributed by atoms with Gasteiger partial charge in [-0.3, -0.25) is 0 Å². The van der Waals surface area contributed by atoms with Crippen LogP contribution in [0.1, 0.15) is 38.8 Å². The molecule has 0 aliphatic rings. The molecule has 14 heavy (non-hydrogen) atoms. The number of unbranched alkanes of at least 4 members (excludes halogenated alkanes) is 1. The fraction of sp³-hybridized carbons (Fsp3) is 0.636. The molecule has 78 valence electrons. The SMILES string of the molecule is CCCCc1cc(NCCC)ncn1. The lowest BCUT2D eigenvalue weighted by atomic mass is 10.2. The first-order chi connectivity index (χ1) is 6.86. The lowest BCUT2D eigenvalue weighted by molar-refractivity contribution is 0.773. The number of aromatic nitrogens is 2. The summed E-state index contributed by atoms with van der Waals surface area (Å²) < 4.78 is 0. The van der Waals surface area contributed by atoms with E-state index in [2.05, 4.69) is 29.1 Å². The highest BCUT2D eigenvalue weighted by molar-refractivity contribution is 5.34. The topological polar surface area (TPSA) is 37.8 Å². The van der Waals surface area contributed by atoms with Crippen molar-refractivity contribution in [1.82, 2.24) is 9.97 Å². The van der Waals surface area contributed by atoms with Gasteiger partial charge in [-0.2, -0.15) is 0 Å². The number of rotatable bonds is 6. The molecular weight excluding hydrogens is 174 g/mol. The maximum Gasteiger partial charge on any atom is 0.129 e. The van der Waals surface area contributed by atoms with Crippen molar-refractivity contribution in [1.29, 1.82) is 0 Å². The quantitative estimate of drug-likeness (QED) is 0.754. The minimum atomic E-state index is 0.952. The zero-order chi connectivity index (χ0) is 10.2. The maximum atomic E-state index is 4.23. The van der Waals surface area contributed by atoms with E-state index in [4.69, 9.17) is 0 Å². The Morgan fingerprint density at radius 2 is 2.07 bits per heavy atom. The largest absolute Gasteiger partial charge is 0.370 e. The Labute approximate surface area is 86.0 Å². The van der Waals surface area contributed by atoms with Crippen LogP contribution >= 0.6 is 0 Å². The van der Waals surface area contributed by atoms with E-state index in [1.807, 2.05) is 6.07 Å². The summed E-state index contributed by atoms with van der Waals surface area (Å²) in [5.74, 6) is 0.952. The molecule has 3 nitrogen and oxygen atoms in total. The number of aryl methyl sites for hydroxylation is 1. The third kappa shape index (κ3) is 3.73. The van der Waals surface area contributed by atoms with Crippen molar-refractivity contribution < 1.29 is 0 Å². The third-order valence-corrected chi connectivity index (χ3v) is 2.07. The average Bonchev–Trinajstić information content (AvgIpc) is 2.24.